The van der Waals surface area contributed by atoms with Crippen molar-refractivity contribution in [3.8, 4) is 5.75 Å². The van der Waals surface area contributed by atoms with Gasteiger partial charge in [0.15, 0.2) is 12.6 Å². The molecule has 0 aliphatic carbocycles. The third-order valence-electron chi connectivity index (χ3n) is 4.65. The topological polar surface area (TPSA) is 66.0 Å². The third kappa shape index (κ3) is 6.32. The fourth-order valence-electron chi connectivity index (χ4n) is 3.16. The number of carbonyl (C=O) groups is 1. The zero-order valence-corrected chi connectivity index (χ0v) is 19.6. The van der Waals surface area contributed by atoms with Crippen molar-refractivity contribution in [1.29, 1.82) is 0 Å². The maximum Gasteiger partial charge on any atom is 0.265 e. The second-order valence-electron chi connectivity index (χ2n) is 6.86. The molecule has 1 amide bonds. The van der Waals surface area contributed by atoms with Crippen LogP contribution in [0, 0.1) is 12.7 Å². The average Bonchev–Trinajstić information content (AvgIpc) is 2.73. The average molecular weight is 526 g/mol. The first-order valence-electron chi connectivity index (χ1n) is 9.88. The van der Waals surface area contributed by atoms with E-state index in [2.05, 4.69) is 15.6 Å². The van der Waals surface area contributed by atoms with Gasteiger partial charge in [0, 0.05) is 19.6 Å². The molecule has 0 bridgehead atoms. The van der Waals surface area contributed by atoms with Crippen LogP contribution in [-0.4, -0.2) is 38.1 Å². The van der Waals surface area contributed by atoms with Crippen molar-refractivity contribution in [2.45, 2.75) is 26.8 Å². The van der Waals surface area contributed by atoms with Gasteiger partial charge in [-0.2, -0.15) is 0 Å². The van der Waals surface area contributed by atoms with E-state index in [-0.39, 0.29) is 42.3 Å². The molecule has 1 aliphatic rings. The van der Waals surface area contributed by atoms with Crippen LogP contribution in [-0.2, 0) is 11.3 Å². The number of para-hydroxylation sites is 2. The van der Waals surface area contributed by atoms with Crippen molar-refractivity contribution >= 4 is 41.5 Å². The number of carbonyl (C=O) groups excluding carboxylic acids is 1. The summed E-state index contributed by atoms with van der Waals surface area (Å²) in [6.07, 6.45) is 0.764. The molecule has 0 unspecified atom stereocenters. The largest absolute Gasteiger partial charge is 0.482 e. The van der Waals surface area contributed by atoms with E-state index in [1.54, 1.807) is 17.9 Å². The highest BCUT2D eigenvalue weighted by atomic mass is 127. The third-order valence-corrected chi connectivity index (χ3v) is 4.65. The number of nitrogens with one attached hydrogen (secondary N) is 2. The van der Waals surface area contributed by atoms with Gasteiger partial charge >= 0.3 is 0 Å². The fourth-order valence-corrected chi connectivity index (χ4v) is 3.16. The lowest BCUT2D eigenvalue weighted by atomic mass is 10.1. The van der Waals surface area contributed by atoms with Crippen LogP contribution < -0.4 is 20.3 Å². The van der Waals surface area contributed by atoms with E-state index in [9.17, 15) is 9.18 Å². The number of aryl methyl sites for hydroxylation is 1. The Morgan fingerprint density at radius 2 is 2.03 bits per heavy atom. The number of fused-ring (bicyclic) bond motifs is 1. The number of ether oxygens (including phenoxy) is 1. The predicted molar refractivity (Wildman–Crippen MR) is 128 cm³/mol. The van der Waals surface area contributed by atoms with Crippen LogP contribution in [0.1, 0.15) is 24.5 Å². The molecule has 2 aromatic rings. The highest BCUT2D eigenvalue weighted by Gasteiger charge is 2.24. The molecular weight excluding hydrogens is 498 g/mol. The molecule has 0 saturated carbocycles. The van der Waals surface area contributed by atoms with Crippen molar-refractivity contribution in [3.05, 3.63) is 59.4 Å². The summed E-state index contributed by atoms with van der Waals surface area (Å²) in [7, 11) is 0. The van der Waals surface area contributed by atoms with E-state index in [4.69, 9.17) is 4.74 Å². The Hall–Kier alpha value is -2.36. The van der Waals surface area contributed by atoms with E-state index in [1.165, 1.54) is 6.07 Å². The fraction of sp³-hybridized carbons (Fsp3) is 0.364. The van der Waals surface area contributed by atoms with Crippen LogP contribution in [0.15, 0.2) is 47.5 Å². The van der Waals surface area contributed by atoms with E-state index < -0.39 is 0 Å². The molecule has 3 rings (SSSR count). The Labute approximate surface area is 193 Å². The molecule has 0 spiro atoms. The zero-order valence-electron chi connectivity index (χ0n) is 17.3. The number of halogens is 2. The summed E-state index contributed by atoms with van der Waals surface area (Å²) in [4.78, 5) is 18.5. The molecule has 0 fully saturated rings. The minimum atomic E-state index is -0.206. The minimum absolute atomic E-state index is 0. The van der Waals surface area contributed by atoms with E-state index in [1.807, 2.05) is 37.3 Å². The lowest BCUT2D eigenvalue weighted by Crippen LogP contribution is -2.42. The van der Waals surface area contributed by atoms with Crippen LogP contribution >= 0.6 is 24.0 Å². The van der Waals surface area contributed by atoms with Gasteiger partial charge in [-0.3, -0.25) is 4.79 Å². The maximum atomic E-state index is 13.4. The highest BCUT2D eigenvalue weighted by Crippen LogP contribution is 2.31. The van der Waals surface area contributed by atoms with Gasteiger partial charge in [-0.05, 0) is 49.6 Å². The van der Waals surface area contributed by atoms with E-state index in [0.29, 0.717) is 31.2 Å². The van der Waals surface area contributed by atoms with Crippen LogP contribution in [0.25, 0.3) is 0 Å². The Morgan fingerprint density at radius 1 is 1.23 bits per heavy atom. The van der Waals surface area contributed by atoms with Crippen molar-refractivity contribution < 1.29 is 13.9 Å². The molecule has 30 heavy (non-hydrogen) atoms. The number of anilines is 1. The van der Waals surface area contributed by atoms with Gasteiger partial charge in [0.2, 0.25) is 0 Å². The normalized spacial score (nSPS) is 13.2. The van der Waals surface area contributed by atoms with Crippen molar-refractivity contribution in [3.63, 3.8) is 0 Å². The number of aliphatic imine (C=N–C) groups is 1. The molecule has 0 aromatic heterocycles. The summed E-state index contributed by atoms with van der Waals surface area (Å²) >= 11 is 0. The second kappa shape index (κ2) is 11.7. The van der Waals surface area contributed by atoms with Crippen LogP contribution in [0.2, 0.25) is 0 Å². The summed E-state index contributed by atoms with van der Waals surface area (Å²) in [6.45, 7) is 6.30. The van der Waals surface area contributed by atoms with Gasteiger partial charge in [0.25, 0.3) is 5.91 Å². The van der Waals surface area contributed by atoms with Gasteiger partial charge in [-0.1, -0.05) is 24.3 Å². The SMILES string of the molecule is CCNC(=NCc1ccc(F)c(C)c1)NCCCN1C(=O)COc2ccccc21.I. The van der Waals surface area contributed by atoms with Gasteiger partial charge < -0.3 is 20.3 Å². The first-order valence-corrected chi connectivity index (χ1v) is 9.88. The summed E-state index contributed by atoms with van der Waals surface area (Å²) in [6, 6.07) is 12.6. The monoisotopic (exact) mass is 526 g/mol. The number of guanidine groups is 1. The quantitative estimate of drug-likeness (QED) is 0.251. The Morgan fingerprint density at radius 3 is 2.80 bits per heavy atom. The number of hydrogen-bond acceptors (Lipinski definition) is 3. The van der Waals surface area contributed by atoms with E-state index in [0.717, 1.165) is 30.0 Å². The Kier molecular flexibility index (Phi) is 9.35. The lowest BCUT2D eigenvalue weighted by molar-refractivity contribution is -0.121. The summed E-state index contributed by atoms with van der Waals surface area (Å²) in [5.41, 5.74) is 2.39. The molecule has 0 saturated heterocycles. The van der Waals surface area contributed by atoms with Gasteiger partial charge in [0.1, 0.15) is 11.6 Å². The number of nitrogens with zero attached hydrogens (tertiary/aromatic N) is 2. The molecule has 6 nitrogen and oxygen atoms in total. The molecule has 1 heterocycles. The summed E-state index contributed by atoms with van der Waals surface area (Å²) < 4.78 is 18.9. The van der Waals surface area contributed by atoms with Crippen LogP contribution in [0.3, 0.4) is 0 Å². The molecule has 2 aromatic carbocycles. The smallest absolute Gasteiger partial charge is 0.265 e. The number of amides is 1. The maximum absolute atomic E-state index is 13.4. The number of hydrogen-bond donors (Lipinski definition) is 2. The van der Waals surface area contributed by atoms with Crippen molar-refractivity contribution in [2.24, 2.45) is 4.99 Å². The summed E-state index contributed by atoms with van der Waals surface area (Å²) in [5.74, 6) is 1.20. The number of rotatable bonds is 7. The highest BCUT2D eigenvalue weighted by molar-refractivity contribution is 14.0. The van der Waals surface area contributed by atoms with Gasteiger partial charge in [-0.15, -0.1) is 24.0 Å². The standard InChI is InChI=1S/C22H27FN4O2.HI/c1-3-24-22(26-14-17-9-10-18(23)16(2)13-17)25-11-6-12-27-19-7-4-5-8-20(19)29-15-21(27)28;/h4-5,7-10,13H,3,6,11-12,14-15H2,1-2H3,(H2,24,25,26);1H. The molecule has 0 atom stereocenters. The van der Waals surface area contributed by atoms with Crippen LogP contribution in [0.4, 0.5) is 10.1 Å². The first kappa shape index (κ1) is 23.9. The molecule has 2 N–H and O–H groups in total. The van der Waals surface area contributed by atoms with Gasteiger partial charge in [-0.25, -0.2) is 9.38 Å². The molecule has 8 heteroatoms. The first-order chi connectivity index (χ1) is 14.1. The second-order valence-corrected chi connectivity index (χ2v) is 6.86. The van der Waals surface area contributed by atoms with Crippen molar-refractivity contribution in [2.75, 3.05) is 31.1 Å². The molecular formula is C22H28FIN4O2. The predicted octanol–water partition coefficient (Wildman–Crippen LogP) is 3.62. The molecule has 0 radical (unpaired) electrons. The van der Waals surface area contributed by atoms with Gasteiger partial charge in [0.05, 0.1) is 12.2 Å². The van der Waals surface area contributed by atoms with Crippen molar-refractivity contribution in [1.82, 2.24) is 10.6 Å². The molecule has 1 aliphatic heterocycles. The number of benzene rings is 2. The Bertz CT molecular complexity index is 891. The Balaban J connectivity index is 0.00000320. The summed E-state index contributed by atoms with van der Waals surface area (Å²) in [5, 5.41) is 6.50. The minimum Gasteiger partial charge on any atom is -0.482 e. The molecule has 162 valence electrons. The zero-order chi connectivity index (χ0) is 20.6. The van der Waals surface area contributed by atoms with Crippen LogP contribution in [0.5, 0.6) is 5.75 Å². The lowest BCUT2D eigenvalue weighted by Gasteiger charge is -2.29. The van der Waals surface area contributed by atoms with E-state index >= 15 is 0 Å².